The van der Waals surface area contributed by atoms with E-state index in [2.05, 4.69) is 0 Å². The number of hydrogen-bond donors (Lipinski definition) is 0. The molecule has 1 aliphatic rings. The first-order valence-electron chi connectivity index (χ1n) is 5.96. The largest absolute Gasteiger partial charge is 0.372 e. The first kappa shape index (κ1) is 12.5. The Morgan fingerprint density at radius 1 is 1.27 bits per heavy atom. The molecule has 0 bridgehead atoms. The summed E-state index contributed by atoms with van der Waals surface area (Å²) in [6.07, 6.45) is 7.14. The minimum absolute atomic E-state index is 0.115. The maximum atomic E-state index is 11.9. The van der Waals surface area contributed by atoms with Crippen molar-refractivity contribution in [1.29, 1.82) is 0 Å². The van der Waals surface area contributed by atoms with Crippen molar-refractivity contribution in [1.82, 2.24) is 4.90 Å². The van der Waals surface area contributed by atoms with Crippen molar-refractivity contribution in [3.05, 3.63) is 0 Å². The lowest BCUT2D eigenvalue weighted by Crippen LogP contribution is -2.42. The smallest absolute Gasteiger partial charge is 0.251 e. The normalized spacial score (nSPS) is 20.7. The topological polar surface area (TPSA) is 29.5 Å². The van der Waals surface area contributed by atoms with Gasteiger partial charge in [-0.05, 0) is 19.8 Å². The van der Waals surface area contributed by atoms with Gasteiger partial charge in [0.2, 0.25) is 0 Å². The van der Waals surface area contributed by atoms with Gasteiger partial charge < -0.3 is 9.64 Å². The number of carbonyl (C=O) groups is 1. The zero-order chi connectivity index (χ0) is 11.3. The predicted octanol–water partition coefficient (Wildman–Crippen LogP) is 2.20. The number of rotatable bonds is 3. The molecule has 1 fully saturated rings. The van der Waals surface area contributed by atoms with Crippen LogP contribution in [0.5, 0.6) is 0 Å². The van der Waals surface area contributed by atoms with E-state index in [1.807, 2.05) is 18.9 Å². The summed E-state index contributed by atoms with van der Waals surface area (Å²) in [6, 6.07) is 0.428. The van der Waals surface area contributed by atoms with Crippen LogP contribution < -0.4 is 0 Å². The molecule has 1 atom stereocenters. The lowest BCUT2D eigenvalue weighted by atomic mass is 10.1. The fourth-order valence-electron chi connectivity index (χ4n) is 2.21. The summed E-state index contributed by atoms with van der Waals surface area (Å²) in [5.74, 6) is 0.115. The molecule has 15 heavy (non-hydrogen) atoms. The molecule has 0 N–H and O–H groups in total. The highest BCUT2D eigenvalue weighted by Gasteiger charge is 2.24. The van der Waals surface area contributed by atoms with E-state index >= 15 is 0 Å². The SMILES string of the molecule is COC(C)C(=O)N(C)C1CCCCCC1. The molecule has 1 amide bonds. The fourth-order valence-corrected chi connectivity index (χ4v) is 2.21. The molecule has 1 unspecified atom stereocenters. The molecule has 0 aromatic rings. The van der Waals surface area contributed by atoms with Gasteiger partial charge in [0.05, 0.1) is 0 Å². The van der Waals surface area contributed by atoms with Crippen molar-refractivity contribution < 1.29 is 9.53 Å². The van der Waals surface area contributed by atoms with Gasteiger partial charge in [0.25, 0.3) is 5.91 Å². The van der Waals surface area contributed by atoms with E-state index in [1.165, 1.54) is 25.7 Å². The zero-order valence-electron chi connectivity index (χ0n) is 10.2. The molecule has 3 nitrogen and oxygen atoms in total. The van der Waals surface area contributed by atoms with E-state index in [0.29, 0.717) is 6.04 Å². The van der Waals surface area contributed by atoms with Gasteiger partial charge in [0.15, 0.2) is 0 Å². The Kier molecular flexibility index (Phi) is 5.09. The summed E-state index contributed by atoms with van der Waals surface area (Å²) in [5, 5.41) is 0. The summed E-state index contributed by atoms with van der Waals surface area (Å²) in [6.45, 7) is 1.82. The number of ether oxygens (including phenoxy) is 1. The van der Waals surface area contributed by atoms with Crippen LogP contribution in [0.2, 0.25) is 0 Å². The van der Waals surface area contributed by atoms with Crippen LogP contribution in [0.4, 0.5) is 0 Å². The quantitative estimate of drug-likeness (QED) is 0.673. The summed E-state index contributed by atoms with van der Waals surface area (Å²) in [4.78, 5) is 13.8. The Balaban J connectivity index is 2.49. The van der Waals surface area contributed by atoms with Gasteiger partial charge >= 0.3 is 0 Å². The Labute approximate surface area is 92.8 Å². The molecule has 0 saturated heterocycles. The second-order valence-corrected chi connectivity index (χ2v) is 4.47. The molecule has 0 aromatic carbocycles. The van der Waals surface area contributed by atoms with Gasteiger partial charge in [-0.1, -0.05) is 25.7 Å². The predicted molar refractivity (Wildman–Crippen MR) is 60.7 cm³/mol. The first-order chi connectivity index (χ1) is 7.16. The minimum Gasteiger partial charge on any atom is -0.372 e. The van der Waals surface area contributed by atoms with E-state index in [9.17, 15) is 4.79 Å². The molecule has 1 saturated carbocycles. The summed E-state index contributed by atoms with van der Waals surface area (Å²) in [5.41, 5.74) is 0. The maximum absolute atomic E-state index is 11.9. The van der Waals surface area contributed by atoms with Gasteiger partial charge in [0, 0.05) is 20.2 Å². The maximum Gasteiger partial charge on any atom is 0.251 e. The average molecular weight is 213 g/mol. The Hall–Kier alpha value is -0.570. The highest BCUT2D eigenvalue weighted by molar-refractivity contribution is 5.80. The van der Waals surface area contributed by atoms with Crippen molar-refractivity contribution in [3.8, 4) is 0 Å². The van der Waals surface area contributed by atoms with Crippen molar-refractivity contribution >= 4 is 5.91 Å². The molecule has 1 rings (SSSR count). The van der Waals surface area contributed by atoms with Gasteiger partial charge in [-0.2, -0.15) is 0 Å². The Morgan fingerprint density at radius 3 is 2.27 bits per heavy atom. The van der Waals surface area contributed by atoms with Crippen molar-refractivity contribution in [2.45, 2.75) is 57.6 Å². The number of carbonyl (C=O) groups excluding carboxylic acids is 1. The third kappa shape index (κ3) is 3.49. The molecule has 1 aliphatic carbocycles. The van der Waals surface area contributed by atoms with Crippen LogP contribution in [0.15, 0.2) is 0 Å². The Morgan fingerprint density at radius 2 is 1.80 bits per heavy atom. The van der Waals surface area contributed by atoms with E-state index in [0.717, 1.165) is 12.8 Å². The lowest BCUT2D eigenvalue weighted by molar-refractivity contribution is -0.142. The molecule has 3 heteroatoms. The van der Waals surface area contributed by atoms with Gasteiger partial charge in [-0.3, -0.25) is 4.79 Å². The van der Waals surface area contributed by atoms with Gasteiger partial charge in [0.1, 0.15) is 6.10 Å². The number of likely N-dealkylation sites (N-methyl/N-ethyl adjacent to an activating group) is 1. The molecule has 0 spiro atoms. The molecular formula is C12H23NO2. The standard InChI is InChI=1S/C12H23NO2/c1-10(15-3)12(14)13(2)11-8-6-4-5-7-9-11/h10-11H,4-9H2,1-3H3. The molecule has 0 aromatic heterocycles. The minimum atomic E-state index is -0.307. The number of amides is 1. The van der Waals surface area contributed by atoms with Crippen molar-refractivity contribution in [2.75, 3.05) is 14.2 Å². The van der Waals surface area contributed by atoms with Crippen LogP contribution in [-0.4, -0.2) is 37.1 Å². The summed E-state index contributed by atoms with van der Waals surface area (Å²) < 4.78 is 5.06. The number of methoxy groups -OCH3 is 1. The van der Waals surface area contributed by atoms with Crippen LogP contribution in [0.25, 0.3) is 0 Å². The molecule has 0 radical (unpaired) electrons. The van der Waals surface area contributed by atoms with Crippen LogP contribution in [0.3, 0.4) is 0 Å². The third-order valence-electron chi connectivity index (χ3n) is 3.42. The highest BCUT2D eigenvalue weighted by Crippen LogP contribution is 2.21. The zero-order valence-corrected chi connectivity index (χ0v) is 10.2. The average Bonchev–Trinajstić information content (AvgIpc) is 2.54. The second-order valence-electron chi connectivity index (χ2n) is 4.47. The number of hydrogen-bond acceptors (Lipinski definition) is 2. The van der Waals surface area contributed by atoms with Crippen LogP contribution >= 0.6 is 0 Å². The van der Waals surface area contributed by atoms with E-state index in [1.54, 1.807) is 7.11 Å². The summed E-state index contributed by atoms with van der Waals surface area (Å²) >= 11 is 0. The van der Waals surface area contributed by atoms with Gasteiger partial charge in [-0.25, -0.2) is 0 Å². The van der Waals surface area contributed by atoms with Crippen molar-refractivity contribution in [3.63, 3.8) is 0 Å². The Bertz CT molecular complexity index is 198. The van der Waals surface area contributed by atoms with E-state index < -0.39 is 0 Å². The highest BCUT2D eigenvalue weighted by atomic mass is 16.5. The van der Waals surface area contributed by atoms with Crippen LogP contribution in [0.1, 0.15) is 45.4 Å². The third-order valence-corrected chi connectivity index (χ3v) is 3.42. The van der Waals surface area contributed by atoms with Crippen molar-refractivity contribution in [2.24, 2.45) is 0 Å². The molecular weight excluding hydrogens is 190 g/mol. The van der Waals surface area contributed by atoms with Crippen LogP contribution in [-0.2, 0) is 9.53 Å². The second kappa shape index (κ2) is 6.11. The fraction of sp³-hybridized carbons (Fsp3) is 0.917. The molecule has 0 heterocycles. The first-order valence-corrected chi connectivity index (χ1v) is 5.96. The molecule has 0 aliphatic heterocycles. The summed E-state index contributed by atoms with van der Waals surface area (Å²) in [7, 11) is 3.50. The van der Waals surface area contributed by atoms with Crippen LogP contribution in [0, 0.1) is 0 Å². The van der Waals surface area contributed by atoms with E-state index in [4.69, 9.17) is 4.74 Å². The lowest BCUT2D eigenvalue weighted by Gasteiger charge is -2.29. The number of nitrogens with zero attached hydrogens (tertiary/aromatic N) is 1. The van der Waals surface area contributed by atoms with Gasteiger partial charge in [-0.15, -0.1) is 0 Å². The molecule has 88 valence electrons. The monoisotopic (exact) mass is 213 g/mol. The van der Waals surface area contributed by atoms with E-state index in [-0.39, 0.29) is 12.0 Å².